The van der Waals surface area contributed by atoms with Gasteiger partial charge >= 0.3 is 12.1 Å². The molecule has 0 radical (unpaired) electrons. The molecule has 0 amide bonds. The minimum absolute atomic E-state index is 0.156. The van der Waals surface area contributed by atoms with Crippen molar-refractivity contribution in [2.24, 2.45) is 0 Å². The average molecular weight is 435 g/mol. The third-order valence-electron chi connectivity index (χ3n) is 5.78. The van der Waals surface area contributed by atoms with Crippen LogP contribution in [0.25, 0.3) is 0 Å². The van der Waals surface area contributed by atoms with Gasteiger partial charge < -0.3 is 25.0 Å². The number of carboxylic acids is 1. The number of halogens is 3. The van der Waals surface area contributed by atoms with E-state index in [4.69, 9.17) is 4.74 Å². The van der Waals surface area contributed by atoms with Crippen LogP contribution in [-0.4, -0.2) is 52.2 Å². The van der Waals surface area contributed by atoms with Crippen molar-refractivity contribution in [3.05, 3.63) is 65.8 Å². The lowest BCUT2D eigenvalue weighted by Crippen LogP contribution is -2.62. The standard InChI is InChI=1S/C22H24F3N3O3/c1-21(20(29)30)14-28-11-5-4-7-17(28)19(26-21)27-12-9-15(10-13-27)31-18-8-3-2-6-16(18)22(23,24)25/h2-8,11,15,26H,9-10,12-14H2,1H3,(H,29,30). The molecule has 9 heteroatoms. The highest BCUT2D eigenvalue weighted by Gasteiger charge is 2.42. The number of ether oxygens (including phenoxy) is 1. The van der Waals surface area contributed by atoms with Crippen LogP contribution in [0.4, 0.5) is 13.2 Å². The third-order valence-corrected chi connectivity index (χ3v) is 5.78. The van der Waals surface area contributed by atoms with Gasteiger partial charge in [0.1, 0.15) is 17.7 Å². The first kappa shape index (κ1) is 21.1. The van der Waals surface area contributed by atoms with E-state index in [1.54, 1.807) is 6.92 Å². The minimum Gasteiger partial charge on any atom is -0.490 e. The number of nitrogens with zero attached hydrogens (tertiary/aromatic N) is 2. The maximum atomic E-state index is 13.2. The van der Waals surface area contributed by atoms with Crippen LogP contribution in [0.3, 0.4) is 0 Å². The van der Waals surface area contributed by atoms with Gasteiger partial charge in [-0.25, -0.2) is 4.79 Å². The van der Waals surface area contributed by atoms with Crippen molar-refractivity contribution in [3.63, 3.8) is 0 Å². The Bertz CT molecular complexity index is 949. The summed E-state index contributed by atoms with van der Waals surface area (Å²) in [6, 6.07) is 5.24. The zero-order valence-corrected chi connectivity index (χ0v) is 17.0. The number of aliphatic carboxylic acids is 1. The lowest BCUT2D eigenvalue weighted by Gasteiger charge is -2.46. The molecule has 0 aliphatic carbocycles. The summed E-state index contributed by atoms with van der Waals surface area (Å²) < 4.78 is 45.4. The van der Waals surface area contributed by atoms with Crippen molar-refractivity contribution in [2.75, 3.05) is 19.6 Å². The van der Waals surface area contributed by atoms with E-state index in [1.807, 2.05) is 34.2 Å². The van der Waals surface area contributed by atoms with Gasteiger partial charge in [-0.15, -0.1) is 0 Å². The summed E-state index contributed by atoms with van der Waals surface area (Å²) in [5.74, 6) is -0.392. The number of hydrogen-bond donors (Lipinski definition) is 2. The molecule has 3 aliphatic heterocycles. The van der Waals surface area contributed by atoms with Crippen molar-refractivity contribution in [1.82, 2.24) is 15.1 Å². The predicted octanol–water partition coefficient (Wildman–Crippen LogP) is 3.55. The van der Waals surface area contributed by atoms with Crippen LogP contribution in [0.5, 0.6) is 5.75 Å². The van der Waals surface area contributed by atoms with Crippen LogP contribution < -0.4 is 10.1 Å². The molecule has 166 valence electrons. The number of para-hydroxylation sites is 1. The van der Waals surface area contributed by atoms with Gasteiger partial charge in [-0.05, 0) is 31.2 Å². The summed E-state index contributed by atoms with van der Waals surface area (Å²) in [6.07, 6.45) is 3.74. The SMILES string of the molecule is CC1(C(=O)O)CN2C=CC=CC2=C(N2CCC(Oc3ccccc3C(F)(F)F)CC2)N1. The number of alkyl halides is 3. The van der Waals surface area contributed by atoms with E-state index >= 15 is 0 Å². The van der Waals surface area contributed by atoms with Gasteiger partial charge in [0.25, 0.3) is 0 Å². The molecule has 0 saturated carbocycles. The Morgan fingerprint density at radius 3 is 2.61 bits per heavy atom. The van der Waals surface area contributed by atoms with Gasteiger partial charge in [0.05, 0.1) is 17.8 Å². The number of likely N-dealkylation sites (tertiary alicyclic amines) is 1. The second-order valence-electron chi connectivity index (χ2n) is 8.12. The molecule has 0 bridgehead atoms. The molecule has 1 atom stereocenters. The Labute approximate surface area is 178 Å². The van der Waals surface area contributed by atoms with Gasteiger partial charge in [0.2, 0.25) is 0 Å². The zero-order valence-electron chi connectivity index (χ0n) is 17.0. The predicted molar refractivity (Wildman–Crippen MR) is 108 cm³/mol. The minimum atomic E-state index is -4.47. The summed E-state index contributed by atoms with van der Waals surface area (Å²) in [4.78, 5) is 15.8. The van der Waals surface area contributed by atoms with Crippen LogP contribution >= 0.6 is 0 Å². The largest absolute Gasteiger partial charge is 0.490 e. The first-order valence-electron chi connectivity index (χ1n) is 10.1. The first-order valence-corrected chi connectivity index (χ1v) is 10.1. The molecule has 31 heavy (non-hydrogen) atoms. The Kier molecular flexibility index (Phi) is 5.36. The van der Waals surface area contributed by atoms with Crippen LogP contribution in [-0.2, 0) is 11.0 Å². The molecule has 1 fully saturated rings. The molecule has 4 rings (SSSR count). The molecule has 2 N–H and O–H groups in total. The molecule has 1 aromatic rings. The fourth-order valence-corrected chi connectivity index (χ4v) is 4.08. The summed E-state index contributed by atoms with van der Waals surface area (Å²) >= 11 is 0. The van der Waals surface area contributed by atoms with Gasteiger partial charge in [-0.1, -0.05) is 18.2 Å². The highest BCUT2D eigenvalue weighted by molar-refractivity contribution is 5.79. The number of rotatable bonds is 4. The Balaban J connectivity index is 1.49. The molecular weight excluding hydrogens is 411 g/mol. The molecule has 1 unspecified atom stereocenters. The van der Waals surface area contributed by atoms with Gasteiger partial charge in [0, 0.05) is 32.1 Å². The number of fused-ring (bicyclic) bond motifs is 1. The molecule has 0 aromatic heterocycles. The van der Waals surface area contributed by atoms with Gasteiger partial charge in [0.15, 0.2) is 5.54 Å². The maximum Gasteiger partial charge on any atom is 0.419 e. The van der Waals surface area contributed by atoms with E-state index in [2.05, 4.69) is 5.32 Å². The summed E-state index contributed by atoms with van der Waals surface area (Å²) in [7, 11) is 0. The van der Waals surface area contributed by atoms with E-state index in [-0.39, 0.29) is 18.4 Å². The van der Waals surface area contributed by atoms with Crippen LogP contribution in [0.15, 0.2) is 60.2 Å². The molecule has 1 aromatic carbocycles. The summed E-state index contributed by atoms with van der Waals surface area (Å²) in [5.41, 5.74) is -1.06. The van der Waals surface area contributed by atoms with Crippen LogP contribution in [0.2, 0.25) is 0 Å². The number of allylic oxidation sites excluding steroid dienone is 3. The number of carboxylic acid groups (broad SMARTS) is 1. The van der Waals surface area contributed by atoms with Crippen LogP contribution in [0, 0.1) is 0 Å². The van der Waals surface area contributed by atoms with Crippen LogP contribution in [0.1, 0.15) is 25.3 Å². The van der Waals surface area contributed by atoms with E-state index < -0.39 is 23.2 Å². The van der Waals surface area contributed by atoms with E-state index in [0.29, 0.717) is 31.8 Å². The lowest BCUT2D eigenvalue weighted by molar-refractivity contribution is -0.145. The second kappa shape index (κ2) is 7.86. The first-order chi connectivity index (χ1) is 14.7. The normalized spacial score (nSPS) is 24.1. The molecule has 3 aliphatic rings. The number of carbonyl (C=O) groups is 1. The van der Waals surface area contributed by atoms with E-state index in [9.17, 15) is 23.1 Å². The fraction of sp³-hybridized carbons (Fsp3) is 0.409. The monoisotopic (exact) mass is 435 g/mol. The molecular formula is C22H24F3N3O3. The van der Waals surface area contributed by atoms with Gasteiger partial charge in [-0.2, -0.15) is 13.2 Å². The Hall–Kier alpha value is -3.10. The quantitative estimate of drug-likeness (QED) is 0.754. The Morgan fingerprint density at radius 2 is 1.94 bits per heavy atom. The fourth-order valence-electron chi connectivity index (χ4n) is 4.08. The molecule has 6 nitrogen and oxygen atoms in total. The molecule has 0 spiro atoms. The smallest absolute Gasteiger partial charge is 0.419 e. The van der Waals surface area contributed by atoms with Gasteiger partial charge in [-0.3, -0.25) is 0 Å². The van der Waals surface area contributed by atoms with Crippen molar-refractivity contribution in [1.29, 1.82) is 0 Å². The third kappa shape index (κ3) is 4.22. The number of piperidine rings is 1. The number of benzene rings is 1. The second-order valence-corrected chi connectivity index (χ2v) is 8.12. The van der Waals surface area contributed by atoms with E-state index in [0.717, 1.165) is 11.8 Å². The lowest BCUT2D eigenvalue weighted by atomic mass is 9.97. The highest BCUT2D eigenvalue weighted by Crippen LogP contribution is 2.37. The summed E-state index contributed by atoms with van der Waals surface area (Å²) in [5, 5.41) is 12.9. The van der Waals surface area contributed by atoms with E-state index in [1.165, 1.54) is 18.2 Å². The Morgan fingerprint density at radius 1 is 1.23 bits per heavy atom. The van der Waals surface area contributed by atoms with Crippen molar-refractivity contribution in [2.45, 2.75) is 37.6 Å². The van der Waals surface area contributed by atoms with Crippen molar-refractivity contribution >= 4 is 5.97 Å². The molecule has 3 heterocycles. The maximum absolute atomic E-state index is 13.2. The molecule has 1 saturated heterocycles. The van der Waals surface area contributed by atoms with Crippen molar-refractivity contribution in [3.8, 4) is 5.75 Å². The summed E-state index contributed by atoms with van der Waals surface area (Å²) in [6.45, 7) is 3.00. The average Bonchev–Trinajstić information content (AvgIpc) is 2.73. The zero-order chi connectivity index (χ0) is 22.2. The van der Waals surface area contributed by atoms with Crippen molar-refractivity contribution < 1.29 is 27.8 Å². The number of hydrogen-bond acceptors (Lipinski definition) is 5. The topological polar surface area (TPSA) is 65.0 Å². The number of nitrogens with one attached hydrogen (secondary N) is 1. The highest BCUT2D eigenvalue weighted by atomic mass is 19.4.